The molecule has 6 N–H and O–H groups in total. The Morgan fingerprint density at radius 3 is 1.41 bits per heavy atom. The van der Waals surface area contributed by atoms with Crippen molar-refractivity contribution >= 4 is 0 Å². The summed E-state index contributed by atoms with van der Waals surface area (Å²) in [6, 6.07) is 8.23. The van der Waals surface area contributed by atoms with Crippen LogP contribution in [0, 0.1) is 5.41 Å². The van der Waals surface area contributed by atoms with Crippen molar-refractivity contribution in [2.24, 2.45) is 5.41 Å². The van der Waals surface area contributed by atoms with E-state index < -0.39 is 18.6 Å². The number of aromatic hydroxyl groups is 4. The molecule has 0 radical (unpaired) electrons. The number of hydrogen-bond donors (Lipinski definition) is 6. The Morgan fingerprint density at radius 1 is 0.667 bits per heavy atom. The molecule has 0 unspecified atom stereocenters. The summed E-state index contributed by atoms with van der Waals surface area (Å²) in [6.07, 6.45) is 0. The van der Waals surface area contributed by atoms with E-state index in [0.717, 1.165) is 0 Å². The van der Waals surface area contributed by atoms with Crippen molar-refractivity contribution in [3.05, 3.63) is 47.5 Å². The van der Waals surface area contributed by atoms with Crippen LogP contribution in [0.5, 0.6) is 23.0 Å². The summed E-state index contributed by atoms with van der Waals surface area (Å²) in [5, 5.41) is 57.4. The van der Waals surface area contributed by atoms with Crippen LogP contribution in [0.2, 0.25) is 0 Å². The summed E-state index contributed by atoms with van der Waals surface area (Å²) in [5.74, 6) is -0.371. The van der Waals surface area contributed by atoms with E-state index in [1.165, 1.54) is 36.4 Å². The highest BCUT2D eigenvalue weighted by Gasteiger charge is 2.30. The van der Waals surface area contributed by atoms with E-state index in [2.05, 4.69) is 0 Å². The van der Waals surface area contributed by atoms with Gasteiger partial charge in [-0.15, -0.1) is 0 Å². The Balaban J connectivity index is 1.89. The normalized spacial score (nSPS) is 11.6. The number of hydrogen-bond acceptors (Lipinski definition) is 8. The quantitative estimate of drug-likeness (QED) is 0.361. The molecule has 27 heavy (non-hydrogen) atoms. The van der Waals surface area contributed by atoms with Crippen LogP contribution in [-0.2, 0) is 22.7 Å². The van der Waals surface area contributed by atoms with Crippen molar-refractivity contribution in [1.29, 1.82) is 0 Å². The van der Waals surface area contributed by atoms with E-state index >= 15 is 0 Å². The van der Waals surface area contributed by atoms with E-state index in [0.29, 0.717) is 11.1 Å². The summed E-state index contributed by atoms with van der Waals surface area (Å²) in [6.45, 7) is -0.831. The molecule has 8 heteroatoms. The van der Waals surface area contributed by atoms with Crippen molar-refractivity contribution in [2.75, 3.05) is 26.4 Å². The van der Waals surface area contributed by atoms with Crippen LogP contribution in [0.4, 0.5) is 0 Å². The van der Waals surface area contributed by atoms with Gasteiger partial charge in [0.1, 0.15) is 23.0 Å². The number of aliphatic hydroxyl groups is 2. The molecule has 0 saturated heterocycles. The number of aliphatic hydroxyl groups excluding tert-OH is 2. The van der Waals surface area contributed by atoms with Crippen LogP contribution in [0.25, 0.3) is 0 Å². The van der Waals surface area contributed by atoms with Crippen LogP contribution < -0.4 is 0 Å². The molecular weight excluding hydrogens is 356 g/mol. The zero-order valence-electron chi connectivity index (χ0n) is 14.7. The van der Waals surface area contributed by atoms with Crippen molar-refractivity contribution in [3.63, 3.8) is 0 Å². The van der Waals surface area contributed by atoms with Crippen LogP contribution in [0.15, 0.2) is 36.4 Å². The molecule has 2 aromatic rings. The fraction of sp³-hybridized carbons (Fsp3) is 0.368. The zero-order valence-corrected chi connectivity index (χ0v) is 14.7. The molecule has 0 bridgehead atoms. The molecule has 148 valence electrons. The third kappa shape index (κ3) is 5.73. The average Bonchev–Trinajstić information content (AvgIpc) is 2.64. The molecule has 0 saturated carbocycles. The topological polar surface area (TPSA) is 140 Å². The molecule has 0 aliphatic heterocycles. The molecule has 0 spiro atoms. The van der Waals surface area contributed by atoms with Crippen LogP contribution >= 0.6 is 0 Å². The standard InChI is InChI=1S/C19H24O8/c20-9-19(10-21,11-26-7-13-1-3-15(22)5-17(13)24)12-27-8-14-2-4-16(23)6-18(14)25/h1-6,20-25H,7-12H2. The lowest BCUT2D eigenvalue weighted by molar-refractivity contribution is -0.0842. The highest BCUT2D eigenvalue weighted by molar-refractivity contribution is 5.39. The van der Waals surface area contributed by atoms with Gasteiger partial charge in [0.25, 0.3) is 0 Å². The van der Waals surface area contributed by atoms with E-state index in [1.807, 2.05) is 0 Å². The first-order valence-electron chi connectivity index (χ1n) is 8.28. The third-order valence-corrected chi connectivity index (χ3v) is 4.14. The molecular formula is C19H24O8. The Hall–Kier alpha value is -2.52. The van der Waals surface area contributed by atoms with Gasteiger partial charge in [-0.2, -0.15) is 0 Å². The lowest BCUT2D eigenvalue weighted by atomic mass is 9.92. The van der Waals surface area contributed by atoms with Gasteiger partial charge in [0.2, 0.25) is 0 Å². The van der Waals surface area contributed by atoms with Crippen molar-refractivity contribution in [2.45, 2.75) is 13.2 Å². The van der Waals surface area contributed by atoms with E-state index in [9.17, 15) is 30.6 Å². The maximum atomic E-state index is 9.74. The first-order valence-corrected chi connectivity index (χ1v) is 8.28. The lowest BCUT2D eigenvalue weighted by Gasteiger charge is -2.29. The fourth-order valence-corrected chi connectivity index (χ4v) is 2.38. The monoisotopic (exact) mass is 380 g/mol. The summed E-state index contributed by atoms with van der Waals surface area (Å²) in [4.78, 5) is 0. The molecule has 0 aliphatic rings. The number of ether oxygens (including phenoxy) is 2. The van der Waals surface area contributed by atoms with Crippen molar-refractivity contribution < 1.29 is 40.1 Å². The van der Waals surface area contributed by atoms with Crippen LogP contribution in [-0.4, -0.2) is 57.1 Å². The highest BCUT2D eigenvalue weighted by Crippen LogP contribution is 2.26. The van der Waals surface area contributed by atoms with Crippen LogP contribution in [0.1, 0.15) is 11.1 Å². The molecule has 0 amide bonds. The average molecular weight is 380 g/mol. The van der Waals surface area contributed by atoms with Gasteiger partial charge in [0.15, 0.2) is 0 Å². The zero-order chi connectivity index (χ0) is 19.9. The SMILES string of the molecule is OCC(CO)(COCc1ccc(O)cc1O)COCc1ccc(O)cc1O. The third-order valence-electron chi connectivity index (χ3n) is 4.14. The number of phenolic OH excluding ortho intramolecular Hbond substituents is 4. The van der Waals surface area contributed by atoms with Gasteiger partial charge in [0, 0.05) is 23.3 Å². The second-order valence-corrected chi connectivity index (χ2v) is 6.43. The second-order valence-electron chi connectivity index (χ2n) is 6.43. The van der Waals surface area contributed by atoms with Gasteiger partial charge in [-0.3, -0.25) is 0 Å². The Kier molecular flexibility index (Phi) is 7.26. The first-order chi connectivity index (χ1) is 12.9. The number of phenols is 4. The van der Waals surface area contributed by atoms with Gasteiger partial charge >= 0.3 is 0 Å². The maximum absolute atomic E-state index is 9.74. The van der Waals surface area contributed by atoms with Crippen LogP contribution in [0.3, 0.4) is 0 Å². The minimum Gasteiger partial charge on any atom is -0.508 e. The smallest absolute Gasteiger partial charge is 0.124 e. The lowest BCUT2D eigenvalue weighted by Crippen LogP contribution is -2.39. The molecule has 0 aromatic heterocycles. The molecule has 0 atom stereocenters. The Bertz CT molecular complexity index is 683. The minimum atomic E-state index is -1.07. The summed E-state index contributed by atoms with van der Waals surface area (Å²) in [7, 11) is 0. The van der Waals surface area contributed by atoms with E-state index in [1.54, 1.807) is 0 Å². The molecule has 8 nitrogen and oxygen atoms in total. The minimum absolute atomic E-state index is 0.0205. The molecule has 0 fully saturated rings. The van der Waals surface area contributed by atoms with E-state index in [4.69, 9.17) is 9.47 Å². The van der Waals surface area contributed by atoms with Crippen molar-refractivity contribution in [1.82, 2.24) is 0 Å². The first kappa shape index (κ1) is 20.8. The number of rotatable bonds is 10. The second kappa shape index (κ2) is 9.43. The molecule has 0 heterocycles. The maximum Gasteiger partial charge on any atom is 0.124 e. The molecule has 2 rings (SSSR count). The van der Waals surface area contributed by atoms with Gasteiger partial charge in [-0.1, -0.05) is 0 Å². The predicted octanol–water partition coefficient (Wildman–Crippen LogP) is 1.21. The van der Waals surface area contributed by atoms with Gasteiger partial charge in [-0.05, 0) is 24.3 Å². The highest BCUT2D eigenvalue weighted by atomic mass is 16.5. The molecule has 2 aromatic carbocycles. The Morgan fingerprint density at radius 2 is 1.07 bits per heavy atom. The Labute approximate surface area is 156 Å². The molecule has 0 aliphatic carbocycles. The van der Waals surface area contributed by atoms with Gasteiger partial charge < -0.3 is 40.1 Å². The summed E-state index contributed by atoms with van der Waals surface area (Å²) in [5.41, 5.74) is -0.168. The fourth-order valence-electron chi connectivity index (χ4n) is 2.38. The van der Waals surface area contributed by atoms with Gasteiger partial charge in [-0.25, -0.2) is 0 Å². The van der Waals surface area contributed by atoms with Crippen molar-refractivity contribution in [3.8, 4) is 23.0 Å². The predicted molar refractivity (Wildman–Crippen MR) is 95.5 cm³/mol. The van der Waals surface area contributed by atoms with E-state index in [-0.39, 0.29) is 49.4 Å². The summed E-state index contributed by atoms with van der Waals surface area (Å²) >= 11 is 0. The van der Waals surface area contributed by atoms with Gasteiger partial charge in [0.05, 0.1) is 45.1 Å². The number of benzene rings is 2. The largest absolute Gasteiger partial charge is 0.508 e. The summed E-state index contributed by atoms with van der Waals surface area (Å²) < 4.78 is 11.0.